The van der Waals surface area contributed by atoms with Gasteiger partial charge in [0, 0.05) is 18.2 Å². The molecule has 3 rings (SSSR count). The van der Waals surface area contributed by atoms with E-state index in [1.165, 1.54) is 17.7 Å². The number of likely N-dealkylation sites (tertiary alicyclic amines) is 1. The molecule has 0 atom stereocenters. The van der Waals surface area contributed by atoms with Crippen LogP contribution in [-0.4, -0.2) is 18.0 Å². The second-order valence-electron chi connectivity index (χ2n) is 5.59. The molecule has 1 radical (unpaired) electrons. The third-order valence-electron chi connectivity index (χ3n) is 4.18. The Bertz CT molecular complexity index is 569. The number of halogens is 2. The van der Waals surface area contributed by atoms with Gasteiger partial charge in [0.25, 0.3) is 0 Å². The van der Waals surface area contributed by atoms with E-state index in [0.29, 0.717) is 0 Å². The lowest BCUT2D eigenvalue weighted by atomic mass is 9.88. The lowest BCUT2D eigenvalue weighted by Gasteiger charge is -2.32. The molecule has 21 heavy (non-hydrogen) atoms. The van der Waals surface area contributed by atoms with Crippen molar-refractivity contribution in [2.75, 3.05) is 13.1 Å². The normalized spacial score (nSPS) is 17.0. The molecule has 0 aromatic heterocycles. The summed E-state index contributed by atoms with van der Waals surface area (Å²) in [4.78, 5) is 2.34. The Labute approximate surface area is 124 Å². The second kappa shape index (κ2) is 6.35. The van der Waals surface area contributed by atoms with Crippen LogP contribution in [0.25, 0.3) is 0 Å². The Balaban J connectivity index is 1.63. The zero-order chi connectivity index (χ0) is 14.7. The van der Waals surface area contributed by atoms with E-state index in [1.807, 2.05) is 18.2 Å². The van der Waals surface area contributed by atoms with Crippen molar-refractivity contribution in [2.24, 2.45) is 0 Å². The predicted octanol–water partition coefficient (Wildman–Crippen LogP) is 4.14. The summed E-state index contributed by atoms with van der Waals surface area (Å²) in [5.41, 5.74) is 1.50. The summed E-state index contributed by atoms with van der Waals surface area (Å²) >= 11 is 0. The molecule has 1 aliphatic rings. The molecule has 0 spiro atoms. The molecule has 109 valence electrons. The van der Waals surface area contributed by atoms with Crippen molar-refractivity contribution < 1.29 is 8.78 Å². The van der Waals surface area contributed by atoms with E-state index in [4.69, 9.17) is 0 Å². The summed E-state index contributed by atoms with van der Waals surface area (Å²) in [5, 5.41) is 0. The minimum atomic E-state index is -0.531. The quantitative estimate of drug-likeness (QED) is 0.819. The van der Waals surface area contributed by atoms with Gasteiger partial charge in [0.15, 0.2) is 0 Å². The van der Waals surface area contributed by atoms with Crippen LogP contribution in [0.3, 0.4) is 0 Å². The van der Waals surface area contributed by atoms with Gasteiger partial charge in [0.1, 0.15) is 11.6 Å². The molecule has 0 saturated carbocycles. The summed E-state index contributed by atoms with van der Waals surface area (Å²) < 4.78 is 27.6. The molecule has 0 N–H and O–H groups in total. The molecule has 2 aromatic rings. The highest BCUT2D eigenvalue weighted by Crippen LogP contribution is 2.31. The molecular weight excluding hydrogens is 268 g/mol. The van der Waals surface area contributed by atoms with Crippen molar-refractivity contribution in [3.8, 4) is 0 Å². The van der Waals surface area contributed by atoms with Gasteiger partial charge in [0.05, 0.1) is 0 Å². The molecule has 1 heterocycles. The van der Waals surface area contributed by atoms with Crippen LogP contribution in [0.4, 0.5) is 8.78 Å². The Morgan fingerprint density at radius 3 is 2.43 bits per heavy atom. The second-order valence-corrected chi connectivity index (χ2v) is 5.59. The predicted molar refractivity (Wildman–Crippen MR) is 78.9 cm³/mol. The standard InChI is InChI=1S/C18H18F2N/c19-16-7-4-8-17(20)18(16)15-9-11-21(12-10-15)13-14-5-2-1-3-6-14/h1-7,15H,9-13H2. The molecular formula is C18H18F2N. The Kier molecular flexibility index (Phi) is 4.30. The average molecular weight is 286 g/mol. The summed E-state index contributed by atoms with van der Waals surface area (Å²) in [7, 11) is 0. The Morgan fingerprint density at radius 1 is 1.05 bits per heavy atom. The smallest absolute Gasteiger partial charge is 0.137 e. The fourth-order valence-electron chi connectivity index (χ4n) is 3.06. The Morgan fingerprint density at radius 2 is 1.76 bits per heavy atom. The third kappa shape index (κ3) is 3.30. The van der Waals surface area contributed by atoms with Crippen molar-refractivity contribution >= 4 is 0 Å². The molecule has 2 aromatic carbocycles. The van der Waals surface area contributed by atoms with E-state index in [1.54, 1.807) is 0 Å². The van der Waals surface area contributed by atoms with Crippen LogP contribution in [0.1, 0.15) is 29.9 Å². The van der Waals surface area contributed by atoms with E-state index < -0.39 is 11.6 Å². The number of rotatable bonds is 3. The largest absolute Gasteiger partial charge is 0.299 e. The number of nitrogens with zero attached hydrogens (tertiary/aromatic N) is 1. The van der Waals surface area contributed by atoms with Crippen LogP contribution in [0, 0.1) is 17.7 Å². The van der Waals surface area contributed by atoms with Crippen molar-refractivity contribution in [1.82, 2.24) is 4.90 Å². The molecule has 0 unspecified atom stereocenters. The van der Waals surface area contributed by atoms with Crippen LogP contribution in [0.2, 0.25) is 0 Å². The number of piperidine rings is 1. The van der Waals surface area contributed by atoms with Gasteiger partial charge in [-0.2, -0.15) is 0 Å². The van der Waals surface area contributed by atoms with Crippen molar-refractivity contribution in [3.05, 3.63) is 71.3 Å². The average Bonchev–Trinajstić information content (AvgIpc) is 2.50. The van der Waals surface area contributed by atoms with E-state index in [9.17, 15) is 8.78 Å². The highest BCUT2D eigenvalue weighted by Gasteiger charge is 2.25. The van der Waals surface area contributed by atoms with Crippen LogP contribution >= 0.6 is 0 Å². The van der Waals surface area contributed by atoms with Crippen LogP contribution < -0.4 is 0 Å². The van der Waals surface area contributed by atoms with Gasteiger partial charge >= 0.3 is 0 Å². The maximum absolute atomic E-state index is 13.8. The van der Waals surface area contributed by atoms with Crippen LogP contribution in [-0.2, 0) is 6.54 Å². The van der Waals surface area contributed by atoms with Gasteiger partial charge < -0.3 is 0 Å². The summed E-state index contributed by atoms with van der Waals surface area (Å²) in [6.07, 6.45) is 1.58. The first-order valence-corrected chi connectivity index (χ1v) is 7.36. The van der Waals surface area contributed by atoms with Crippen molar-refractivity contribution in [3.63, 3.8) is 0 Å². The monoisotopic (exact) mass is 286 g/mol. The maximum Gasteiger partial charge on any atom is 0.137 e. The molecule has 0 amide bonds. The molecule has 1 saturated heterocycles. The molecule has 3 heteroatoms. The fraction of sp³-hybridized carbons (Fsp3) is 0.333. The summed E-state index contributed by atoms with van der Waals surface area (Å²) in [6, 6.07) is 15.4. The van der Waals surface area contributed by atoms with Crippen molar-refractivity contribution in [2.45, 2.75) is 25.3 Å². The van der Waals surface area contributed by atoms with Gasteiger partial charge in [-0.1, -0.05) is 30.3 Å². The number of hydrogen-bond donors (Lipinski definition) is 0. The van der Waals surface area contributed by atoms with Crippen LogP contribution in [0.15, 0.2) is 42.5 Å². The third-order valence-corrected chi connectivity index (χ3v) is 4.18. The molecule has 1 nitrogen and oxygen atoms in total. The maximum atomic E-state index is 13.8. The molecule has 1 aliphatic heterocycles. The number of hydrogen-bond acceptors (Lipinski definition) is 1. The molecule has 0 aliphatic carbocycles. The van der Waals surface area contributed by atoms with E-state index in [2.05, 4.69) is 23.1 Å². The fourth-order valence-corrected chi connectivity index (χ4v) is 3.06. The van der Waals surface area contributed by atoms with E-state index >= 15 is 0 Å². The zero-order valence-corrected chi connectivity index (χ0v) is 11.9. The number of benzene rings is 2. The first-order chi connectivity index (χ1) is 10.2. The highest BCUT2D eigenvalue weighted by atomic mass is 19.1. The van der Waals surface area contributed by atoms with Gasteiger partial charge in [-0.3, -0.25) is 4.90 Å². The Hall–Kier alpha value is -1.74. The van der Waals surface area contributed by atoms with E-state index in [-0.39, 0.29) is 11.5 Å². The SMILES string of the molecule is Fc1[c]ccc(F)c1C1CCN(Cc2ccccc2)CC1. The van der Waals surface area contributed by atoms with Crippen molar-refractivity contribution in [1.29, 1.82) is 0 Å². The zero-order valence-electron chi connectivity index (χ0n) is 11.9. The first-order valence-electron chi connectivity index (χ1n) is 7.36. The van der Waals surface area contributed by atoms with Gasteiger partial charge in [-0.15, -0.1) is 0 Å². The highest BCUT2D eigenvalue weighted by molar-refractivity contribution is 5.24. The minimum absolute atomic E-state index is 0.0329. The topological polar surface area (TPSA) is 3.24 Å². The van der Waals surface area contributed by atoms with Gasteiger partial charge in [0.2, 0.25) is 0 Å². The van der Waals surface area contributed by atoms with Gasteiger partial charge in [-0.25, -0.2) is 8.78 Å². The minimum Gasteiger partial charge on any atom is -0.299 e. The summed E-state index contributed by atoms with van der Waals surface area (Å²) in [5.74, 6) is -1.00. The molecule has 0 bridgehead atoms. The lowest BCUT2D eigenvalue weighted by Crippen LogP contribution is -2.33. The lowest BCUT2D eigenvalue weighted by molar-refractivity contribution is 0.201. The van der Waals surface area contributed by atoms with E-state index in [0.717, 1.165) is 32.5 Å². The summed E-state index contributed by atoms with van der Waals surface area (Å²) in [6.45, 7) is 2.64. The van der Waals surface area contributed by atoms with Gasteiger partial charge in [-0.05, 0) is 49.5 Å². The van der Waals surface area contributed by atoms with Crippen LogP contribution in [0.5, 0.6) is 0 Å². The molecule has 1 fully saturated rings. The first kappa shape index (κ1) is 14.2.